The van der Waals surface area contributed by atoms with Crippen LogP contribution in [0.3, 0.4) is 0 Å². The van der Waals surface area contributed by atoms with Crippen LogP contribution in [0.5, 0.6) is 0 Å². The first kappa shape index (κ1) is 13.3. The Morgan fingerprint density at radius 3 is 3.05 bits per heavy atom. The van der Waals surface area contributed by atoms with E-state index in [-0.39, 0.29) is 5.92 Å². The van der Waals surface area contributed by atoms with Gasteiger partial charge in [-0.25, -0.2) is 0 Å². The Kier molecular flexibility index (Phi) is 4.04. The third-order valence-electron chi connectivity index (χ3n) is 3.92. The monoisotopic (exact) mass is 295 g/mol. The number of carbonyl (C=O) groups excluding carboxylic acids is 1. The molecule has 0 bridgehead atoms. The van der Waals surface area contributed by atoms with Gasteiger partial charge in [-0.1, -0.05) is 23.7 Å². The van der Waals surface area contributed by atoms with Crippen LogP contribution in [0.1, 0.15) is 24.3 Å². The molecule has 0 radical (unpaired) electrons. The molecule has 1 aliphatic heterocycles. The lowest BCUT2D eigenvalue weighted by molar-refractivity contribution is -0.132. The Morgan fingerprint density at radius 2 is 2.21 bits per heavy atom. The van der Waals surface area contributed by atoms with E-state index in [4.69, 9.17) is 11.6 Å². The van der Waals surface area contributed by atoms with Gasteiger partial charge in [0.1, 0.15) is 0 Å². The fraction of sp³-hybridized carbons (Fsp3) is 0.533. The van der Waals surface area contributed by atoms with Crippen LogP contribution in [0.2, 0.25) is 5.02 Å². The first-order valence-corrected chi connectivity index (χ1v) is 8.41. The highest BCUT2D eigenvalue weighted by Gasteiger charge is 2.45. The standard InChI is InChI=1S/C15H18ClNOS/c16-12-4-1-3-11(9-12)13-10-14(13)15(18)17-5-2-7-19-8-6-17/h1,3-4,9,13-14H,2,5-8,10H2/t13-,14-/m1/s1. The highest BCUT2D eigenvalue weighted by Crippen LogP contribution is 2.48. The number of thioether (sulfide) groups is 1. The Balaban J connectivity index is 1.64. The summed E-state index contributed by atoms with van der Waals surface area (Å²) < 4.78 is 0. The maximum absolute atomic E-state index is 12.5. The molecule has 1 aromatic rings. The first-order valence-electron chi connectivity index (χ1n) is 6.88. The molecule has 1 heterocycles. The summed E-state index contributed by atoms with van der Waals surface area (Å²) >= 11 is 7.97. The topological polar surface area (TPSA) is 20.3 Å². The normalized spacial score (nSPS) is 26.9. The summed E-state index contributed by atoms with van der Waals surface area (Å²) in [5, 5.41) is 0.766. The molecule has 2 nitrogen and oxygen atoms in total. The van der Waals surface area contributed by atoms with Crippen LogP contribution in [-0.4, -0.2) is 35.4 Å². The second-order valence-corrected chi connectivity index (χ2v) is 6.96. The molecule has 2 fully saturated rings. The van der Waals surface area contributed by atoms with Gasteiger partial charge in [0.25, 0.3) is 0 Å². The van der Waals surface area contributed by atoms with Gasteiger partial charge in [0, 0.05) is 29.8 Å². The van der Waals surface area contributed by atoms with E-state index in [1.165, 1.54) is 11.3 Å². The van der Waals surface area contributed by atoms with E-state index in [0.717, 1.165) is 36.7 Å². The number of nitrogens with zero attached hydrogens (tertiary/aromatic N) is 1. The molecule has 1 aliphatic carbocycles. The third kappa shape index (κ3) is 3.09. The molecule has 2 atom stereocenters. The fourth-order valence-corrected chi connectivity index (χ4v) is 3.86. The summed E-state index contributed by atoms with van der Waals surface area (Å²) in [6.45, 7) is 1.85. The van der Waals surface area contributed by atoms with Gasteiger partial charge >= 0.3 is 0 Å². The Labute approximate surface area is 123 Å². The summed E-state index contributed by atoms with van der Waals surface area (Å²) in [5.74, 6) is 3.21. The van der Waals surface area contributed by atoms with Gasteiger partial charge in [-0.3, -0.25) is 4.79 Å². The number of hydrogen-bond acceptors (Lipinski definition) is 2. The minimum atomic E-state index is 0.196. The number of rotatable bonds is 2. The summed E-state index contributed by atoms with van der Waals surface area (Å²) in [7, 11) is 0. The van der Waals surface area contributed by atoms with Gasteiger partial charge in [-0.05, 0) is 42.2 Å². The van der Waals surface area contributed by atoms with Crippen molar-refractivity contribution >= 4 is 29.3 Å². The van der Waals surface area contributed by atoms with Crippen LogP contribution in [0.25, 0.3) is 0 Å². The van der Waals surface area contributed by atoms with Crippen molar-refractivity contribution in [1.29, 1.82) is 0 Å². The summed E-state index contributed by atoms with van der Waals surface area (Å²) in [6.07, 6.45) is 2.12. The second kappa shape index (κ2) is 5.76. The molecule has 19 heavy (non-hydrogen) atoms. The molecule has 1 aromatic carbocycles. The van der Waals surface area contributed by atoms with Crippen LogP contribution in [0, 0.1) is 5.92 Å². The predicted molar refractivity (Wildman–Crippen MR) is 80.8 cm³/mol. The van der Waals surface area contributed by atoms with E-state index in [9.17, 15) is 4.79 Å². The predicted octanol–water partition coefficient (Wildman–Crippen LogP) is 3.41. The van der Waals surface area contributed by atoms with Crippen LogP contribution in [-0.2, 0) is 4.79 Å². The molecule has 1 saturated heterocycles. The third-order valence-corrected chi connectivity index (χ3v) is 5.20. The van der Waals surface area contributed by atoms with E-state index < -0.39 is 0 Å². The van der Waals surface area contributed by atoms with Gasteiger partial charge in [0.05, 0.1) is 0 Å². The van der Waals surface area contributed by atoms with Crippen molar-refractivity contribution in [3.05, 3.63) is 34.9 Å². The van der Waals surface area contributed by atoms with Crippen molar-refractivity contribution < 1.29 is 4.79 Å². The van der Waals surface area contributed by atoms with Crippen molar-refractivity contribution in [3.8, 4) is 0 Å². The quantitative estimate of drug-likeness (QED) is 0.833. The zero-order valence-electron chi connectivity index (χ0n) is 10.8. The van der Waals surface area contributed by atoms with Crippen LogP contribution >= 0.6 is 23.4 Å². The molecule has 1 saturated carbocycles. The van der Waals surface area contributed by atoms with Crippen molar-refractivity contribution in [1.82, 2.24) is 4.90 Å². The largest absolute Gasteiger partial charge is 0.342 e. The average Bonchev–Trinajstić information content (AvgIpc) is 3.22. The average molecular weight is 296 g/mol. The molecule has 3 rings (SSSR count). The van der Waals surface area contributed by atoms with Crippen LogP contribution in [0.15, 0.2) is 24.3 Å². The first-order chi connectivity index (χ1) is 9.25. The van der Waals surface area contributed by atoms with E-state index >= 15 is 0 Å². The minimum Gasteiger partial charge on any atom is -0.342 e. The van der Waals surface area contributed by atoms with Gasteiger partial charge in [-0.15, -0.1) is 0 Å². The van der Waals surface area contributed by atoms with E-state index in [1.807, 2.05) is 30.0 Å². The van der Waals surface area contributed by atoms with Crippen molar-refractivity contribution in [2.45, 2.75) is 18.8 Å². The number of halogens is 1. The molecule has 1 amide bonds. The van der Waals surface area contributed by atoms with Crippen molar-refractivity contribution in [2.75, 3.05) is 24.6 Å². The SMILES string of the molecule is O=C([C@@H]1C[C@@H]1c1cccc(Cl)c1)N1CCCSCC1. The molecular weight excluding hydrogens is 278 g/mol. The number of carbonyl (C=O) groups is 1. The second-order valence-electron chi connectivity index (χ2n) is 5.29. The van der Waals surface area contributed by atoms with Crippen molar-refractivity contribution in [2.24, 2.45) is 5.92 Å². The smallest absolute Gasteiger partial charge is 0.226 e. The summed E-state index contributed by atoms with van der Waals surface area (Å²) in [4.78, 5) is 14.5. The Bertz CT molecular complexity index is 471. The number of hydrogen-bond donors (Lipinski definition) is 0. The number of amides is 1. The highest BCUT2D eigenvalue weighted by molar-refractivity contribution is 7.99. The molecule has 102 valence electrons. The van der Waals surface area contributed by atoms with E-state index in [0.29, 0.717) is 11.8 Å². The van der Waals surface area contributed by atoms with Gasteiger partial charge in [-0.2, -0.15) is 11.8 Å². The van der Waals surface area contributed by atoms with Gasteiger partial charge in [0.15, 0.2) is 0 Å². The molecule has 4 heteroatoms. The highest BCUT2D eigenvalue weighted by atomic mass is 35.5. The van der Waals surface area contributed by atoms with Crippen molar-refractivity contribution in [3.63, 3.8) is 0 Å². The molecule has 0 aromatic heterocycles. The lowest BCUT2D eigenvalue weighted by Crippen LogP contribution is -2.34. The fourth-order valence-electron chi connectivity index (χ4n) is 2.77. The molecule has 2 aliphatic rings. The Morgan fingerprint density at radius 1 is 1.32 bits per heavy atom. The zero-order chi connectivity index (χ0) is 13.2. The van der Waals surface area contributed by atoms with E-state index in [2.05, 4.69) is 11.0 Å². The summed E-state index contributed by atoms with van der Waals surface area (Å²) in [5.41, 5.74) is 1.22. The van der Waals surface area contributed by atoms with Crippen LogP contribution < -0.4 is 0 Å². The maximum atomic E-state index is 12.5. The molecule has 0 N–H and O–H groups in total. The molecule has 0 spiro atoms. The zero-order valence-corrected chi connectivity index (χ0v) is 12.4. The maximum Gasteiger partial charge on any atom is 0.226 e. The van der Waals surface area contributed by atoms with Crippen LogP contribution in [0.4, 0.5) is 0 Å². The Hall–Kier alpha value is -0.670. The number of benzene rings is 1. The molecular formula is C15H18ClNOS. The summed E-state index contributed by atoms with van der Waals surface area (Å²) in [6, 6.07) is 7.94. The van der Waals surface area contributed by atoms with Gasteiger partial charge < -0.3 is 4.90 Å². The van der Waals surface area contributed by atoms with Gasteiger partial charge in [0.2, 0.25) is 5.91 Å². The lowest BCUT2D eigenvalue weighted by Gasteiger charge is -2.20. The minimum absolute atomic E-state index is 0.196. The van der Waals surface area contributed by atoms with E-state index in [1.54, 1.807) is 0 Å². The molecule has 0 unspecified atom stereocenters. The lowest BCUT2D eigenvalue weighted by atomic mass is 10.1.